The van der Waals surface area contributed by atoms with Crippen molar-refractivity contribution in [2.24, 2.45) is 0 Å². The summed E-state index contributed by atoms with van der Waals surface area (Å²) < 4.78 is 1.91. The highest BCUT2D eigenvalue weighted by Gasteiger charge is 2.13. The standard InChI is InChI=1S/C15H13N3O2/c19-14(20)6-9-18-13(12-5-1-2-7-16-12)10-11-4-3-8-17-15(11)18/h1-5,7-8,10H,6,9H2,(H,19,20). The Morgan fingerprint density at radius 1 is 1.15 bits per heavy atom. The minimum absolute atomic E-state index is 0.0557. The molecule has 5 heteroatoms. The van der Waals surface area contributed by atoms with Gasteiger partial charge in [0.25, 0.3) is 0 Å². The summed E-state index contributed by atoms with van der Waals surface area (Å²) in [6.45, 7) is 0.377. The zero-order valence-electron chi connectivity index (χ0n) is 10.7. The van der Waals surface area contributed by atoms with Crippen LogP contribution in [0.2, 0.25) is 0 Å². The molecule has 0 atom stereocenters. The van der Waals surface area contributed by atoms with Crippen LogP contribution in [-0.4, -0.2) is 25.6 Å². The van der Waals surface area contributed by atoms with Crippen molar-refractivity contribution in [2.45, 2.75) is 13.0 Å². The van der Waals surface area contributed by atoms with Gasteiger partial charge in [-0.25, -0.2) is 4.98 Å². The smallest absolute Gasteiger partial charge is 0.305 e. The van der Waals surface area contributed by atoms with Crippen LogP contribution in [0.4, 0.5) is 0 Å². The molecule has 0 saturated carbocycles. The Kier molecular flexibility index (Phi) is 3.16. The molecule has 0 saturated heterocycles. The van der Waals surface area contributed by atoms with Crippen LogP contribution in [-0.2, 0) is 11.3 Å². The van der Waals surface area contributed by atoms with E-state index < -0.39 is 5.97 Å². The van der Waals surface area contributed by atoms with Crippen molar-refractivity contribution in [3.05, 3.63) is 48.8 Å². The van der Waals surface area contributed by atoms with Gasteiger partial charge in [0.2, 0.25) is 0 Å². The molecule has 0 aromatic carbocycles. The molecule has 20 heavy (non-hydrogen) atoms. The van der Waals surface area contributed by atoms with Crippen LogP contribution in [0.5, 0.6) is 0 Å². The van der Waals surface area contributed by atoms with E-state index in [2.05, 4.69) is 9.97 Å². The first-order valence-electron chi connectivity index (χ1n) is 6.33. The van der Waals surface area contributed by atoms with E-state index in [4.69, 9.17) is 5.11 Å². The van der Waals surface area contributed by atoms with E-state index in [0.717, 1.165) is 22.4 Å². The lowest BCUT2D eigenvalue weighted by atomic mass is 10.2. The molecule has 3 heterocycles. The Hall–Kier alpha value is -2.69. The Balaban J connectivity index is 2.15. The molecule has 0 aliphatic heterocycles. The average Bonchev–Trinajstić information content (AvgIpc) is 2.84. The molecule has 3 aromatic rings. The van der Waals surface area contributed by atoms with Crippen molar-refractivity contribution in [2.75, 3.05) is 0 Å². The highest BCUT2D eigenvalue weighted by molar-refractivity contribution is 5.83. The largest absolute Gasteiger partial charge is 0.481 e. The van der Waals surface area contributed by atoms with Gasteiger partial charge in [-0.15, -0.1) is 0 Å². The maximum atomic E-state index is 10.8. The predicted molar refractivity (Wildman–Crippen MR) is 75.2 cm³/mol. The van der Waals surface area contributed by atoms with Crippen LogP contribution in [0.15, 0.2) is 48.8 Å². The number of aromatic nitrogens is 3. The maximum Gasteiger partial charge on any atom is 0.305 e. The molecule has 5 nitrogen and oxygen atoms in total. The molecule has 0 radical (unpaired) electrons. The number of fused-ring (bicyclic) bond motifs is 1. The molecule has 3 rings (SSSR count). The van der Waals surface area contributed by atoms with E-state index in [1.807, 2.05) is 41.0 Å². The molecule has 0 aliphatic carbocycles. The second kappa shape index (κ2) is 5.13. The molecule has 1 N–H and O–H groups in total. The van der Waals surface area contributed by atoms with Gasteiger partial charge in [-0.05, 0) is 30.3 Å². The second-order valence-electron chi connectivity index (χ2n) is 4.46. The van der Waals surface area contributed by atoms with Gasteiger partial charge in [-0.2, -0.15) is 0 Å². The second-order valence-corrected chi connectivity index (χ2v) is 4.46. The maximum absolute atomic E-state index is 10.8. The number of carboxylic acid groups (broad SMARTS) is 1. The third kappa shape index (κ3) is 2.25. The fraction of sp³-hybridized carbons (Fsp3) is 0.133. The van der Waals surface area contributed by atoms with E-state index in [9.17, 15) is 4.79 Å². The summed E-state index contributed by atoms with van der Waals surface area (Å²) in [5, 5.41) is 9.88. The summed E-state index contributed by atoms with van der Waals surface area (Å²) in [6.07, 6.45) is 3.49. The molecular weight excluding hydrogens is 254 g/mol. The van der Waals surface area contributed by atoms with Gasteiger partial charge in [0.15, 0.2) is 0 Å². The Morgan fingerprint density at radius 2 is 2.00 bits per heavy atom. The first-order chi connectivity index (χ1) is 9.75. The third-order valence-electron chi connectivity index (χ3n) is 3.13. The van der Waals surface area contributed by atoms with Crippen LogP contribution in [0.25, 0.3) is 22.4 Å². The van der Waals surface area contributed by atoms with Crippen LogP contribution in [0.1, 0.15) is 6.42 Å². The van der Waals surface area contributed by atoms with E-state index in [1.54, 1.807) is 12.4 Å². The fourth-order valence-electron chi connectivity index (χ4n) is 2.25. The minimum Gasteiger partial charge on any atom is -0.481 e. The lowest BCUT2D eigenvalue weighted by molar-refractivity contribution is -0.137. The SMILES string of the molecule is O=C(O)CCn1c(-c2ccccn2)cc2cccnc21. The number of pyridine rings is 2. The number of aliphatic carboxylic acids is 1. The highest BCUT2D eigenvalue weighted by atomic mass is 16.4. The van der Waals surface area contributed by atoms with Gasteiger partial charge in [0.05, 0.1) is 17.8 Å². The third-order valence-corrected chi connectivity index (χ3v) is 3.13. The molecule has 0 unspecified atom stereocenters. The fourth-order valence-corrected chi connectivity index (χ4v) is 2.25. The summed E-state index contributed by atoms with van der Waals surface area (Å²) in [5.41, 5.74) is 2.49. The van der Waals surface area contributed by atoms with E-state index in [0.29, 0.717) is 6.54 Å². The molecule has 0 amide bonds. The summed E-state index contributed by atoms with van der Waals surface area (Å²) in [6, 6.07) is 11.5. The summed E-state index contributed by atoms with van der Waals surface area (Å²) in [7, 11) is 0. The van der Waals surface area contributed by atoms with E-state index in [1.165, 1.54) is 0 Å². The number of hydrogen-bond acceptors (Lipinski definition) is 3. The highest BCUT2D eigenvalue weighted by Crippen LogP contribution is 2.25. The lowest BCUT2D eigenvalue weighted by Gasteiger charge is -2.08. The van der Waals surface area contributed by atoms with Crippen molar-refractivity contribution >= 4 is 17.0 Å². The number of carbonyl (C=O) groups is 1. The molecule has 100 valence electrons. The first-order valence-corrected chi connectivity index (χ1v) is 6.33. The van der Waals surface area contributed by atoms with Crippen molar-refractivity contribution < 1.29 is 9.90 Å². The van der Waals surface area contributed by atoms with Crippen molar-refractivity contribution in [1.82, 2.24) is 14.5 Å². The summed E-state index contributed by atoms with van der Waals surface area (Å²) in [4.78, 5) is 19.5. The van der Waals surface area contributed by atoms with Crippen molar-refractivity contribution in [3.8, 4) is 11.4 Å². The number of rotatable bonds is 4. The van der Waals surface area contributed by atoms with Crippen LogP contribution in [0, 0.1) is 0 Å². The van der Waals surface area contributed by atoms with Gasteiger partial charge in [-0.1, -0.05) is 6.07 Å². The summed E-state index contributed by atoms with van der Waals surface area (Å²) >= 11 is 0. The number of carboxylic acids is 1. The molecule has 0 aliphatic rings. The lowest BCUT2D eigenvalue weighted by Crippen LogP contribution is -2.06. The number of hydrogen-bond donors (Lipinski definition) is 1. The van der Waals surface area contributed by atoms with Gasteiger partial charge >= 0.3 is 5.97 Å². The van der Waals surface area contributed by atoms with Crippen LogP contribution in [0.3, 0.4) is 0 Å². The van der Waals surface area contributed by atoms with Gasteiger partial charge in [-0.3, -0.25) is 9.78 Å². The van der Waals surface area contributed by atoms with Crippen LogP contribution >= 0.6 is 0 Å². The van der Waals surface area contributed by atoms with Gasteiger partial charge in [0, 0.05) is 24.3 Å². The number of aryl methyl sites for hydroxylation is 1. The van der Waals surface area contributed by atoms with Gasteiger partial charge in [0.1, 0.15) is 5.65 Å². The Labute approximate surface area is 115 Å². The van der Waals surface area contributed by atoms with Crippen LogP contribution < -0.4 is 0 Å². The Morgan fingerprint density at radius 3 is 2.75 bits per heavy atom. The molecule has 0 bridgehead atoms. The van der Waals surface area contributed by atoms with E-state index >= 15 is 0 Å². The topological polar surface area (TPSA) is 68.0 Å². The zero-order chi connectivity index (χ0) is 13.9. The zero-order valence-corrected chi connectivity index (χ0v) is 10.7. The predicted octanol–water partition coefficient (Wildman–Crippen LogP) is 2.57. The first kappa shape index (κ1) is 12.3. The molecule has 0 fully saturated rings. The Bertz CT molecular complexity index is 750. The quantitative estimate of drug-likeness (QED) is 0.788. The average molecular weight is 267 g/mol. The molecular formula is C15H13N3O2. The molecule has 0 spiro atoms. The monoisotopic (exact) mass is 267 g/mol. The minimum atomic E-state index is -0.824. The molecule has 3 aromatic heterocycles. The van der Waals surface area contributed by atoms with Crippen molar-refractivity contribution in [1.29, 1.82) is 0 Å². The van der Waals surface area contributed by atoms with E-state index in [-0.39, 0.29) is 6.42 Å². The van der Waals surface area contributed by atoms with Gasteiger partial charge < -0.3 is 9.67 Å². The summed E-state index contributed by atoms with van der Waals surface area (Å²) in [5.74, 6) is -0.824. The number of nitrogens with zero attached hydrogens (tertiary/aromatic N) is 3. The normalized spacial score (nSPS) is 10.8. The van der Waals surface area contributed by atoms with Crippen molar-refractivity contribution in [3.63, 3.8) is 0 Å².